The van der Waals surface area contributed by atoms with E-state index in [4.69, 9.17) is 0 Å². The maximum Gasteiger partial charge on any atom is 0.123 e. The number of hydrogen-bond acceptors (Lipinski definition) is 3. The van der Waals surface area contributed by atoms with Crippen LogP contribution in [0.15, 0.2) is 24.3 Å². The summed E-state index contributed by atoms with van der Waals surface area (Å²) in [6, 6.07) is 6.50. The van der Waals surface area contributed by atoms with Crippen LogP contribution in [-0.2, 0) is 6.42 Å². The number of halogens is 1. The molecule has 18 heavy (non-hydrogen) atoms. The highest BCUT2D eigenvalue weighted by molar-refractivity contribution is 7.80. The first-order chi connectivity index (χ1) is 8.48. The summed E-state index contributed by atoms with van der Waals surface area (Å²) < 4.78 is 13.1. The van der Waals surface area contributed by atoms with Gasteiger partial charge in [0.15, 0.2) is 0 Å². The van der Waals surface area contributed by atoms with Crippen LogP contribution in [0.2, 0.25) is 0 Å². The summed E-state index contributed by atoms with van der Waals surface area (Å²) in [4.78, 5) is 2.24. The second-order valence-corrected chi connectivity index (χ2v) is 5.95. The van der Waals surface area contributed by atoms with E-state index in [2.05, 4.69) is 17.5 Å². The van der Waals surface area contributed by atoms with Gasteiger partial charge in [-0.05, 0) is 37.5 Å². The maximum absolute atomic E-state index is 13.1. The second-order valence-electron chi connectivity index (χ2n) is 5.20. The Morgan fingerprint density at radius 3 is 2.67 bits per heavy atom. The molecular formula is C14H20FNOS. The van der Waals surface area contributed by atoms with Gasteiger partial charge >= 0.3 is 0 Å². The first-order valence-electron chi connectivity index (χ1n) is 6.37. The topological polar surface area (TPSA) is 23.5 Å². The lowest BCUT2D eigenvalue weighted by molar-refractivity contribution is -0.0217. The standard InChI is InChI=1S/C14H20FNOS/c1-11(18)16-7-5-14(17,6-8-16)10-12-3-2-4-13(15)9-12/h2-4,9,11,17-18H,5-8,10H2,1H3. The first kappa shape index (κ1) is 13.8. The van der Waals surface area contributed by atoms with E-state index < -0.39 is 5.60 Å². The van der Waals surface area contributed by atoms with Crippen LogP contribution < -0.4 is 0 Å². The summed E-state index contributed by atoms with van der Waals surface area (Å²) in [5.74, 6) is -0.238. The Hall–Kier alpha value is -0.580. The van der Waals surface area contributed by atoms with Crippen molar-refractivity contribution in [3.8, 4) is 0 Å². The number of likely N-dealkylation sites (tertiary alicyclic amines) is 1. The van der Waals surface area contributed by atoms with Crippen molar-refractivity contribution < 1.29 is 9.50 Å². The fraction of sp³-hybridized carbons (Fsp3) is 0.571. The number of aliphatic hydroxyl groups is 1. The molecule has 0 aliphatic carbocycles. The molecule has 1 atom stereocenters. The molecule has 1 aromatic carbocycles. The zero-order valence-electron chi connectivity index (χ0n) is 10.6. The first-order valence-corrected chi connectivity index (χ1v) is 6.89. The van der Waals surface area contributed by atoms with Crippen LogP contribution in [0, 0.1) is 5.82 Å². The Balaban J connectivity index is 1.97. The molecule has 2 rings (SSSR count). The highest BCUT2D eigenvalue weighted by Crippen LogP contribution is 2.27. The van der Waals surface area contributed by atoms with E-state index in [0.717, 1.165) is 18.7 Å². The predicted molar refractivity (Wildman–Crippen MR) is 74.3 cm³/mol. The minimum atomic E-state index is -0.701. The molecule has 1 aliphatic heterocycles. The molecule has 0 amide bonds. The fourth-order valence-corrected chi connectivity index (χ4v) is 2.75. The number of rotatable bonds is 3. The summed E-state index contributed by atoms with van der Waals surface area (Å²) in [7, 11) is 0. The molecule has 0 radical (unpaired) electrons. The van der Waals surface area contributed by atoms with Crippen LogP contribution >= 0.6 is 12.6 Å². The van der Waals surface area contributed by atoms with Crippen molar-refractivity contribution >= 4 is 12.6 Å². The van der Waals surface area contributed by atoms with Crippen molar-refractivity contribution in [2.24, 2.45) is 0 Å². The summed E-state index contributed by atoms with van der Waals surface area (Å²) in [5, 5.41) is 10.8. The van der Waals surface area contributed by atoms with Crippen LogP contribution in [0.4, 0.5) is 4.39 Å². The molecule has 1 unspecified atom stereocenters. The van der Waals surface area contributed by atoms with Crippen molar-refractivity contribution in [3.05, 3.63) is 35.6 Å². The van der Waals surface area contributed by atoms with E-state index in [1.807, 2.05) is 13.0 Å². The molecule has 1 aromatic rings. The van der Waals surface area contributed by atoms with E-state index in [9.17, 15) is 9.50 Å². The van der Waals surface area contributed by atoms with Gasteiger partial charge in [-0.3, -0.25) is 4.90 Å². The van der Waals surface area contributed by atoms with Gasteiger partial charge in [0.2, 0.25) is 0 Å². The van der Waals surface area contributed by atoms with Crippen LogP contribution in [0.5, 0.6) is 0 Å². The lowest BCUT2D eigenvalue weighted by atomic mass is 9.85. The van der Waals surface area contributed by atoms with Gasteiger partial charge in [0.05, 0.1) is 5.60 Å². The van der Waals surface area contributed by atoms with Gasteiger partial charge in [-0.1, -0.05) is 12.1 Å². The lowest BCUT2D eigenvalue weighted by Crippen LogP contribution is -2.47. The maximum atomic E-state index is 13.1. The van der Waals surface area contributed by atoms with Gasteiger partial charge in [0, 0.05) is 24.9 Å². The monoisotopic (exact) mass is 269 g/mol. The third-order valence-electron chi connectivity index (χ3n) is 3.68. The normalized spacial score (nSPS) is 21.8. The van der Waals surface area contributed by atoms with Crippen LogP contribution in [-0.4, -0.2) is 34.1 Å². The zero-order valence-corrected chi connectivity index (χ0v) is 11.5. The highest BCUT2D eigenvalue weighted by Gasteiger charge is 2.33. The van der Waals surface area contributed by atoms with Gasteiger partial charge in [-0.25, -0.2) is 4.39 Å². The highest BCUT2D eigenvalue weighted by atomic mass is 32.1. The third kappa shape index (κ3) is 3.46. The molecule has 100 valence electrons. The van der Waals surface area contributed by atoms with Crippen LogP contribution in [0.3, 0.4) is 0 Å². The third-order valence-corrected chi connectivity index (χ3v) is 4.01. The van der Waals surface area contributed by atoms with Crippen molar-refractivity contribution in [1.29, 1.82) is 0 Å². The van der Waals surface area contributed by atoms with E-state index >= 15 is 0 Å². The average Bonchev–Trinajstić information content (AvgIpc) is 2.29. The van der Waals surface area contributed by atoms with Crippen molar-refractivity contribution in [2.45, 2.75) is 37.2 Å². The van der Waals surface area contributed by atoms with Gasteiger partial charge in [0.25, 0.3) is 0 Å². The largest absolute Gasteiger partial charge is 0.389 e. The van der Waals surface area contributed by atoms with Gasteiger partial charge < -0.3 is 5.11 Å². The SMILES string of the molecule is CC(S)N1CCC(O)(Cc2cccc(F)c2)CC1. The number of thiol groups is 1. The van der Waals surface area contributed by atoms with Crippen LogP contribution in [0.1, 0.15) is 25.3 Å². The second kappa shape index (κ2) is 5.59. The molecule has 0 spiro atoms. The summed E-state index contributed by atoms with van der Waals surface area (Å²) >= 11 is 4.41. The number of hydrogen-bond donors (Lipinski definition) is 2. The Kier molecular flexibility index (Phi) is 4.30. The predicted octanol–water partition coefficient (Wildman–Crippen LogP) is 2.47. The summed E-state index contributed by atoms with van der Waals surface area (Å²) in [6.45, 7) is 3.73. The molecule has 1 N–H and O–H groups in total. The minimum absolute atomic E-state index is 0.226. The van der Waals surface area contributed by atoms with Crippen LogP contribution in [0.25, 0.3) is 0 Å². The Bertz CT molecular complexity index is 403. The van der Waals surface area contributed by atoms with E-state index in [-0.39, 0.29) is 11.2 Å². The summed E-state index contributed by atoms with van der Waals surface area (Å²) in [6.07, 6.45) is 1.96. The fourth-order valence-electron chi connectivity index (χ4n) is 2.52. The van der Waals surface area contributed by atoms with Crippen molar-refractivity contribution in [3.63, 3.8) is 0 Å². The molecular weight excluding hydrogens is 249 g/mol. The Labute approximate surface area is 113 Å². The van der Waals surface area contributed by atoms with Gasteiger partial charge in [0.1, 0.15) is 5.82 Å². The quantitative estimate of drug-likeness (QED) is 0.824. The number of piperidine rings is 1. The molecule has 1 heterocycles. The van der Waals surface area contributed by atoms with Crippen molar-refractivity contribution in [1.82, 2.24) is 4.90 Å². The number of benzene rings is 1. The molecule has 1 saturated heterocycles. The Morgan fingerprint density at radius 2 is 2.11 bits per heavy atom. The summed E-state index contributed by atoms with van der Waals surface area (Å²) in [5.41, 5.74) is 0.164. The van der Waals surface area contributed by atoms with Crippen molar-refractivity contribution in [2.75, 3.05) is 13.1 Å². The molecule has 1 aliphatic rings. The van der Waals surface area contributed by atoms with Gasteiger partial charge in [-0.2, -0.15) is 12.6 Å². The molecule has 4 heteroatoms. The average molecular weight is 269 g/mol. The molecule has 0 saturated carbocycles. The molecule has 0 aromatic heterocycles. The van der Waals surface area contributed by atoms with Gasteiger partial charge in [-0.15, -0.1) is 0 Å². The molecule has 0 bridgehead atoms. The van der Waals surface area contributed by atoms with E-state index in [1.165, 1.54) is 12.1 Å². The minimum Gasteiger partial charge on any atom is -0.389 e. The molecule has 1 fully saturated rings. The van der Waals surface area contributed by atoms with E-state index in [0.29, 0.717) is 19.3 Å². The van der Waals surface area contributed by atoms with E-state index in [1.54, 1.807) is 6.07 Å². The Morgan fingerprint density at radius 1 is 1.44 bits per heavy atom. The molecule has 2 nitrogen and oxygen atoms in total. The number of nitrogens with zero attached hydrogens (tertiary/aromatic N) is 1. The zero-order chi connectivity index (χ0) is 13.2. The smallest absolute Gasteiger partial charge is 0.123 e. The lowest BCUT2D eigenvalue weighted by Gasteiger charge is -2.39.